The summed E-state index contributed by atoms with van der Waals surface area (Å²) in [7, 11) is 0. The van der Waals surface area contributed by atoms with E-state index in [2.05, 4.69) is 10.6 Å². The SMILES string of the molecule is CCOC1CC(N)(C(=O)Nc2ccc(NC(=O)CC(C)C)cc2)C1(C)C. The van der Waals surface area contributed by atoms with E-state index < -0.39 is 11.0 Å². The molecule has 0 radical (unpaired) electrons. The number of carbonyl (C=O) groups is 2. The van der Waals surface area contributed by atoms with Crippen molar-refractivity contribution in [2.75, 3.05) is 17.2 Å². The van der Waals surface area contributed by atoms with Crippen molar-refractivity contribution in [3.05, 3.63) is 24.3 Å². The number of rotatable bonds is 7. The van der Waals surface area contributed by atoms with Gasteiger partial charge in [-0.15, -0.1) is 0 Å². The fraction of sp³-hybridized carbons (Fsp3) is 0.600. The predicted molar refractivity (Wildman–Crippen MR) is 104 cm³/mol. The van der Waals surface area contributed by atoms with Gasteiger partial charge < -0.3 is 21.1 Å². The van der Waals surface area contributed by atoms with Gasteiger partial charge in [-0.25, -0.2) is 0 Å². The van der Waals surface area contributed by atoms with E-state index in [4.69, 9.17) is 10.5 Å². The number of anilines is 2. The second-order valence-electron chi connectivity index (χ2n) is 8.02. The molecule has 0 aliphatic heterocycles. The van der Waals surface area contributed by atoms with Gasteiger partial charge in [-0.05, 0) is 37.1 Å². The Morgan fingerprint density at radius 1 is 1.19 bits per heavy atom. The highest BCUT2D eigenvalue weighted by atomic mass is 16.5. The minimum atomic E-state index is -0.961. The molecule has 1 aliphatic rings. The Morgan fingerprint density at radius 2 is 1.73 bits per heavy atom. The van der Waals surface area contributed by atoms with Crippen LogP contribution in [0.25, 0.3) is 0 Å². The number of hydrogen-bond acceptors (Lipinski definition) is 4. The molecule has 1 saturated carbocycles. The van der Waals surface area contributed by atoms with Crippen LogP contribution in [0, 0.1) is 11.3 Å². The summed E-state index contributed by atoms with van der Waals surface area (Å²) < 4.78 is 5.67. The van der Waals surface area contributed by atoms with Crippen molar-refractivity contribution >= 4 is 23.2 Å². The van der Waals surface area contributed by atoms with Crippen molar-refractivity contribution in [3.8, 4) is 0 Å². The molecule has 1 aromatic carbocycles. The molecule has 4 N–H and O–H groups in total. The molecule has 1 fully saturated rings. The Hall–Kier alpha value is -1.92. The summed E-state index contributed by atoms with van der Waals surface area (Å²) in [6, 6.07) is 7.06. The lowest BCUT2D eigenvalue weighted by molar-refractivity contribution is -0.166. The lowest BCUT2D eigenvalue weighted by Crippen LogP contribution is -2.74. The maximum Gasteiger partial charge on any atom is 0.245 e. The number of ether oxygens (including phenoxy) is 1. The molecular formula is C20H31N3O3. The van der Waals surface area contributed by atoms with Crippen LogP contribution in [0.15, 0.2) is 24.3 Å². The number of nitrogens with one attached hydrogen (secondary N) is 2. The van der Waals surface area contributed by atoms with Crippen LogP contribution in [0.3, 0.4) is 0 Å². The quantitative estimate of drug-likeness (QED) is 0.695. The first kappa shape index (κ1) is 20.4. The largest absolute Gasteiger partial charge is 0.378 e. The summed E-state index contributed by atoms with van der Waals surface area (Å²) in [5.74, 6) is 0.0755. The van der Waals surface area contributed by atoms with Gasteiger partial charge in [0.1, 0.15) is 5.54 Å². The molecule has 6 heteroatoms. The maximum absolute atomic E-state index is 12.7. The highest BCUT2D eigenvalue weighted by molar-refractivity contribution is 6.00. The molecule has 26 heavy (non-hydrogen) atoms. The average molecular weight is 361 g/mol. The van der Waals surface area contributed by atoms with E-state index >= 15 is 0 Å². The number of nitrogens with two attached hydrogens (primary N) is 1. The molecule has 144 valence electrons. The van der Waals surface area contributed by atoms with Crippen molar-refractivity contribution < 1.29 is 14.3 Å². The minimum Gasteiger partial charge on any atom is -0.378 e. The lowest BCUT2D eigenvalue weighted by atomic mass is 9.54. The number of amides is 2. The summed E-state index contributed by atoms with van der Waals surface area (Å²) in [5, 5.41) is 5.73. The summed E-state index contributed by atoms with van der Waals surface area (Å²) in [6.45, 7) is 10.5. The van der Waals surface area contributed by atoms with Gasteiger partial charge in [-0.3, -0.25) is 9.59 Å². The first-order chi connectivity index (χ1) is 12.1. The minimum absolute atomic E-state index is 0.0122. The van der Waals surface area contributed by atoms with Crippen molar-refractivity contribution in [2.24, 2.45) is 17.1 Å². The molecule has 2 atom stereocenters. The summed E-state index contributed by atoms with van der Waals surface area (Å²) in [4.78, 5) is 24.5. The van der Waals surface area contributed by atoms with Gasteiger partial charge in [0.2, 0.25) is 11.8 Å². The van der Waals surface area contributed by atoms with Crippen molar-refractivity contribution in [3.63, 3.8) is 0 Å². The van der Waals surface area contributed by atoms with Gasteiger partial charge in [0.05, 0.1) is 6.10 Å². The third-order valence-corrected chi connectivity index (χ3v) is 5.26. The van der Waals surface area contributed by atoms with E-state index in [1.165, 1.54) is 0 Å². The molecule has 0 spiro atoms. The molecule has 2 unspecified atom stereocenters. The normalized spacial score (nSPS) is 24.0. The zero-order valence-electron chi connectivity index (χ0n) is 16.4. The highest BCUT2D eigenvalue weighted by Gasteiger charge is 2.62. The molecule has 1 aromatic rings. The van der Waals surface area contributed by atoms with E-state index in [0.29, 0.717) is 36.7 Å². The smallest absolute Gasteiger partial charge is 0.245 e. The number of benzene rings is 1. The topological polar surface area (TPSA) is 93.4 Å². The third-order valence-electron chi connectivity index (χ3n) is 5.26. The number of carbonyl (C=O) groups excluding carboxylic acids is 2. The van der Waals surface area contributed by atoms with E-state index in [-0.39, 0.29) is 17.9 Å². The second kappa shape index (κ2) is 7.76. The first-order valence-corrected chi connectivity index (χ1v) is 9.22. The van der Waals surface area contributed by atoms with Gasteiger partial charge in [-0.1, -0.05) is 27.7 Å². The van der Waals surface area contributed by atoms with Crippen LogP contribution in [0.4, 0.5) is 11.4 Å². The van der Waals surface area contributed by atoms with Gasteiger partial charge >= 0.3 is 0 Å². The maximum atomic E-state index is 12.7. The van der Waals surface area contributed by atoms with E-state index in [9.17, 15) is 9.59 Å². The molecule has 1 aliphatic carbocycles. The van der Waals surface area contributed by atoms with Crippen LogP contribution in [-0.2, 0) is 14.3 Å². The number of hydrogen-bond donors (Lipinski definition) is 3. The molecular weight excluding hydrogens is 330 g/mol. The van der Waals surface area contributed by atoms with Crippen LogP contribution >= 0.6 is 0 Å². The molecule has 0 aromatic heterocycles. The fourth-order valence-corrected chi connectivity index (χ4v) is 3.28. The predicted octanol–water partition coefficient (Wildman–Crippen LogP) is 3.14. The van der Waals surface area contributed by atoms with Crippen LogP contribution in [0.1, 0.15) is 47.5 Å². The van der Waals surface area contributed by atoms with Gasteiger partial charge in [0.15, 0.2) is 0 Å². The summed E-state index contributed by atoms with van der Waals surface area (Å²) in [5.41, 5.74) is 6.35. The average Bonchev–Trinajstić information content (AvgIpc) is 2.55. The highest BCUT2D eigenvalue weighted by Crippen LogP contribution is 2.50. The van der Waals surface area contributed by atoms with E-state index in [1.54, 1.807) is 24.3 Å². The zero-order chi connectivity index (χ0) is 19.5. The molecule has 6 nitrogen and oxygen atoms in total. The van der Waals surface area contributed by atoms with Crippen LogP contribution in [0.2, 0.25) is 0 Å². The molecule has 0 heterocycles. The van der Waals surface area contributed by atoms with Crippen molar-refractivity contribution in [1.29, 1.82) is 0 Å². The van der Waals surface area contributed by atoms with Gasteiger partial charge in [0.25, 0.3) is 0 Å². The lowest BCUT2D eigenvalue weighted by Gasteiger charge is -2.57. The first-order valence-electron chi connectivity index (χ1n) is 9.22. The Balaban J connectivity index is 1.97. The second-order valence-corrected chi connectivity index (χ2v) is 8.02. The van der Waals surface area contributed by atoms with E-state index in [1.807, 2.05) is 34.6 Å². The Labute approximate surface area is 155 Å². The van der Waals surface area contributed by atoms with Crippen LogP contribution in [-0.4, -0.2) is 30.1 Å². The summed E-state index contributed by atoms with van der Waals surface area (Å²) in [6.07, 6.45) is 0.967. The van der Waals surface area contributed by atoms with Gasteiger partial charge in [-0.2, -0.15) is 0 Å². The Morgan fingerprint density at radius 3 is 2.19 bits per heavy atom. The third kappa shape index (κ3) is 4.07. The molecule has 0 saturated heterocycles. The van der Waals surface area contributed by atoms with Gasteiger partial charge in [0, 0.05) is 36.2 Å². The molecule has 0 bridgehead atoms. The van der Waals surface area contributed by atoms with Crippen molar-refractivity contribution in [2.45, 2.75) is 59.1 Å². The Bertz CT molecular complexity index is 655. The van der Waals surface area contributed by atoms with Crippen LogP contribution in [0.5, 0.6) is 0 Å². The monoisotopic (exact) mass is 361 g/mol. The fourth-order valence-electron chi connectivity index (χ4n) is 3.28. The van der Waals surface area contributed by atoms with E-state index in [0.717, 1.165) is 0 Å². The zero-order valence-corrected chi connectivity index (χ0v) is 16.4. The van der Waals surface area contributed by atoms with Crippen molar-refractivity contribution in [1.82, 2.24) is 0 Å². The Kier molecular flexibility index (Phi) is 6.09. The summed E-state index contributed by atoms with van der Waals surface area (Å²) >= 11 is 0. The standard InChI is InChI=1S/C20H31N3O3/c1-6-26-16-12-20(21,19(16,4)5)18(25)23-15-9-7-14(8-10-15)22-17(24)11-13(2)3/h7-10,13,16H,6,11-12,21H2,1-5H3,(H,22,24)(H,23,25). The molecule has 2 amide bonds. The van der Waals surface area contributed by atoms with Crippen LogP contribution < -0.4 is 16.4 Å². The molecule has 2 rings (SSSR count).